The van der Waals surface area contributed by atoms with Gasteiger partial charge in [-0.2, -0.15) is 4.37 Å². The number of fused-ring (bicyclic) bond motifs is 1. The first kappa shape index (κ1) is 16.2. The molecular formula is C17H21N7S. The summed E-state index contributed by atoms with van der Waals surface area (Å²) in [5, 5.41) is 2.05. The van der Waals surface area contributed by atoms with Gasteiger partial charge in [-0.1, -0.05) is 0 Å². The molecule has 0 bridgehead atoms. The van der Waals surface area contributed by atoms with Crippen molar-refractivity contribution in [1.82, 2.24) is 24.2 Å². The van der Waals surface area contributed by atoms with Crippen molar-refractivity contribution in [3.05, 3.63) is 36.5 Å². The predicted octanol–water partition coefficient (Wildman–Crippen LogP) is 1.87. The fourth-order valence-electron chi connectivity index (χ4n) is 3.02. The Labute approximate surface area is 151 Å². The zero-order chi connectivity index (χ0) is 17.2. The largest absolute Gasteiger partial charge is 0.369 e. The molecule has 130 valence electrons. The predicted molar refractivity (Wildman–Crippen MR) is 101 cm³/mol. The van der Waals surface area contributed by atoms with Crippen molar-refractivity contribution in [2.24, 2.45) is 0 Å². The summed E-state index contributed by atoms with van der Waals surface area (Å²) in [4.78, 5) is 19.8. The highest BCUT2D eigenvalue weighted by Gasteiger charge is 2.19. The zero-order valence-corrected chi connectivity index (χ0v) is 15.3. The van der Waals surface area contributed by atoms with Crippen LogP contribution in [0.15, 0.2) is 30.7 Å². The molecule has 0 atom stereocenters. The second-order valence-corrected chi connectivity index (χ2v) is 7.15. The number of hydrogen-bond acceptors (Lipinski definition) is 8. The van der Waals surface area contributed by atoms with Gasteiger partial charge in [0.2, 0.25) is 5.13 Å². The van der Waals surface area contributed by atoms with E-state index in [1.165, 1.54) is 17.2 Å². The molecule has 1 aromatic carbocycles. The van der Waals surface area contributed by atoms with E-state index in [1.54, 1.807) is 6.33 Å². The molecule has 3 aromatic rings. The molecule has 0 saturated carbocycles. The maximum Gasteiger partial charge on any atom is 0.204 e. The second-order valence-electron chi connectivity index (χ2n) is 6.42. The summed E-state index contributed by atoms with van der Waals surface area (Å²) in [7, 11) is 4.00. The first-order valence-corrected chi connectivity index (χ1v) is 9.13. The molecule has 4 rings (SSSR count). The van der Waals surface area contributed by atoms with Crippen molar-refractivity contribution in [1.29, 1.82) is 0 Å². The zero-order valence-electron chi connectivity index (χ0n) is 14.5. The van der Waals surface area contributed by atoms with Gasteiger partial charge in [0.05, 0.1) is 12.1 Å². The Bertz CT molecular complexity index is 855. The standard InChI is InChI=1S/C17H21N7S/c1-22(2)17-20-16(21-25-17)11-23-5-7-24(8-6-23)14-3-4-15-13(9-14)10-18-12-19-15/h3-4,9-10,12H,5-8,11H2,1-2H3. The Morgan fingerprint density at radius 2 is 2.00 bits per heavy atom. The maximum atomic E-state index is 4.58. The summed E-state index contributed by atoms with van der Waals surface area (Å²) < 4.78 is 4.46. The normalized spacial score (nSPS) is 15.7. The number of rotatable bonds is 4. The molecule has 0 N–H and O–H groups in total. The molecule has 1 aliphatic rings. The maximum absolute atomic E-state index is 4.58. The minimum Gasteiger partial charge on any atom is -0.369 e. The summed E-state index contributed by atoms with van der Waals surface area (Å²) in [5.41, 5.74) is 2.23. The number of benzene rings is 1. The van der Waals surface area contributed by atoms with Crippen LogP contribution in [0.1, 0.15) is 5.82 Å². The Kier molecular flexibility index (Phi) is 4.46. The van der Waals surface area contributed by atoms with E-state index < -0.39 is 0 Å². The van der Waals surface area contributed by atoms with Crippen molar-refractivity contribution in [2.75, 3.05) is 50.1 Å². The first-order valence-electron chi connectivity index (χ1n) is 8.36. The molecule has 25 heavy (non-hydrogen) atoms. The minimum absolute atomic E-state index is 0.823. The Hall–Kier alpha value is -2.32. The SMILES string of the molecule is CN(C)c1nc(CN2CCN(c3ccc4ncncc4c3)CC2)ns1. The number of anilines is 2. The van der Waals surface area contributed by atoms with Gasteiger partial charge in [0.15, 0.2) is 5.82 Å². The summed E-state index contributed by atoms with van der Waals surface area (Å²) in [6.45, 7) is 4.86. The molecule has 0 spiro atoms. The van der Waals surface area contributed by atoms with E-state index in [4.69, 9.17) is 0 Å². The van der Waals surface area contributed by atoms with Crippen LogP contribution in [0.2, 0.25) is 0 Å². The average Bonchev–Trinajstić information content (AvgIpc) is 3.11. The highest BCUT2D eigenvalue weighted by Crippen LogP contribution is 2.22. The molecule has 2 aromatic heterocycles. The third-order valence-electron chi connectivity index (χ3n) is 4.43. The van der Waals surface area contributed by atoms with Crippen molar-refractivity contribution in [3.63, 3.8) is 0 Å². The molecular weight excluding hydrogens is 334 g/mol. The molecule has 8 heteroatoms. The molecule has 0 radical (unpaired) electrons. The van der Waals surface area contributed by atoms with Crippen LogP contribution in [0.3, 0.4) is 0 Å². The van der Waals surface area contributed by atoms with E-state index in [-0.39, 0.29) is 0 Å². The first-order chi connectivity index (χ1) is 12.2. The van der Waals surface area contributed by atoms with E-state index in [0.29, 0.717) is 0 Å². The van der Waals surface area contributed by atoms with Crippen molar-refractivity contribution in [3.8, 4) is 0 Å². The van der Waals surface area contributed by atoms with Crippen LogP contribution in [0.5, 0.6) is 0 Å². The minimum atomic E-state index is 0.823. The third kappa shape index (κ3) is 3.54. The highest BCUT2D eigenvalue weighted by atomic mass is 32.1. The van der Waals surface area contributed by atoms with Crippen LogP contribution in [0.4, 0.5) is 10.8 Å². The van der Waals surface area contributed by atoms with Crippen LogP contribution in [-0.4, -0.2) is 64.5 Å². The van der Waals surface area contributed by atoms with Crippen molar-refractivity contribution >= 4 is 33.3 Å². The van der Waals surface area contributed by atoms with E-state index >= 15 is 0 Å². The lowest BCUT2D eigenvalue weighted by atomic mass is 10.2. The fraction of sp³-hybridized carbons (Fsp3) is 0.412. The summed E-state index contributed by atoms with van der Waals surface area (Å²) >= 11 is 1.46. The van der Waals surface area contributed by atoms with Gasteiger partial charge in [-0.15, -0.1) is 0 Å². The lowest BCUT2D eigenvalue weighted by Gasteiger charge is -2.35. The third-order valence-corrected chi connectivity index (χ3v) is 5.35. The molecule has 0 aliphatic carbocycles. The van der Waals surface area contributed by atoms with Gasteiger partial charge in [0.1, 0.15) is 6.33 Å². The molecule has 1 saturated heterocycles. The fourth-order valence-corrected chi connectivity index (χ4v) is 3.62. The topological polar surface area (TPSA) is 61.3 Å². The lowest BCUT2D eigenvalue weighted by molar-refractivity contribution is 0.245. The molecule has 7 nitrogen and oxygen atoms in total. The molecule has 1 fully saturated rings. The van der Waals surface area contributed by atoms with Crippen LogP contribution in [0, 0.1) is 0 Å². The second kappa shape index (κ2) is 6.89. The monoisotopic (exact) mass is 355 g/mol. The van der Waals surface area contributed by atoms with Gasteiger partial charge in [0, 0.05) is 69.1 Å². The van der Waals surface area contributed by atoms with Crippen LogP contribution in [-0.2, 0) is 6.54 Å². The molecule has 0 unspecified atom stereocenters. The molecule has 3 heterocycles. The highest BCUT2D eigenvalue weighted by molar-refractivity contribution is 7.09. The smallest absolute Gasteiger partial charge is 0.204 e. The van der Waals surface area contributed by atoms with E-state index in [0.717, 1.165) is 54.6 Å². The van der Waals surface area contributed by atoms with Gasteiger partial charge < -0.3 is 9.80 Å². The summed E-state index contributed by atoms with van der Waals surface area (Å²) in [6.07, 6.45) is 3.47. The van der Waals surface area contributed by atoms with Gasteiger partial charge in [0.25, 0.3) is 0 Å². The molecule has 1 aliphatic heterocycles. The number of aromatic nitrogens is 4. The Balaban J connectivity index is 1.38. The van der Waals surface area contributed by atoms with Crippen LogP contribution >= 0.6 is 11.5 Å². The van der Waals surface area contributed by atoms with Gasteiger partial charge in [-0.25, -0.2) is 15.0 Å². The van der Waals surface area contributed by atoms with Crippen LogP contribution in [0.25, 0.3) is 10.9 Å². The van der Waals surface area contributed by atoms with Gasteiger partial charge >= 0.3 is 0 Å². The number of hydrogen-bond donors (Lipinski definition) is 0. The quantitative estimate of drug-likeness (QED) is 0.708. The van der Waals surface area contributed by atoms with E-state index in [2.05, 4.69) is 47.3 Å². The Morgan fingerprint density at radius 3 is 2.76 bits per heavy atom. The summed E-state index contributed by atoms with van der Waals surface area (Å²) in [6, 6.07) is 6.40. The average molecular weight is 355 g/mol. The number of nitrogens with zero attached hydrogens (tertiary/aromatic N) is 7. The number of piperazine rings is 1. The van der Waals surface area contributed by atoms with E-state index in [1.807, 2.05) is 25.2 Å². The Morgan fingerprint density at radius 1 is 1.16 bits per heavy atom. The van der Waals surface area contributed by atoms with Gasteiger partial charge in [-0.05, 0) is 18.2 Å². The van der Waals surface area contributed by atoms with Crippen molar-refractivity contribution < 1.29 is 0 Å². The van der Waals surface area contributed by atoms with Gasteiger partial charge in [-0.3, -0.25) is 4.90 Å². The van der Waals surface area contributed by atoms with E-state index in [9.17, 15) is 0 Å². The summed E-state index contributed by atoms with van der Waals surface area (Å²) in [5.74, 6) is 0.921. The molecule has 0 amide bonds. The van der Waals surface area contributed by atoms with Crippen LogP contribution < -0.4 is 9.80 Å². The lowest BCUT2D eigenvalue weighted by Crippen LogP contribution is -2.46. The van der Waals surface area contributed by atoms with Crippen molar-refractivity contribution in [2.45, 2.75) is 6.54 Å².